The van der Waals surface area contributed by atoms with Gasteiger partial charge in [0.15, 0.2) is 5.17 Å². The predicted octanol–water partition coefficient (Wildman–Crippen LogP) is 2.48. The zero-order chi connectivity index (χ0) is 20.8. The lowest BCUT2D eigenvalue weighted by Gasteiger charge is -2.06. The van der Waals surface area contributed by atoms with Crippen molar-refractivity contribution in [1.82, 2.24) is 10.5 Å². The number of methoxy groups -OCH3 is 1. The molecule has 1 fully saturated rings. The van der Waals surface area contributed by atoms with E-state index in [1.807, 2.05) is 38.1 Å². The summed E-state index contributed by atoms with van der Waals surface area (Å²) in [5, 5.41) is 14.6. The third-order valence-electron chi connectivity index (χ3n) is 3.88. The zero-order valence-corrected chi connectivity index (χ0v) is 16.8. The second-order valence-electron chi connectivity index (χ2n) is 5.90. The maximum absolute atomic E-state index is 11.8. The molecule has 0 unspecified atom stereocenters. The van der Waals surface area contributed by atoms with E-state index in [1.54, 1.807) is 0 Å². The summed E-state index contributed by atoms with van der Waals surface area (Å²) in [4.78, 5) is 23.2. The predicted molar refractivity (Wildman–Crippen MR) is 108 cm³/mol. The molecule has 0 saturated carbocycles. The molecule has 1 aromatic carbocycles. The first-order valence-corrected chi connectivity index (χ1v) is 9.32. The first-order chi connectivity index (χ1) is 14.0. The SMILES string of the molecule is COC(=O)/C=C1/S/C(=N\N=Cc2cccc(OCc3c(C)noc3C)c2)NC1=O. The van der Waals surface area contributed by atoms with Crippen LogP contribution in [-0.4, -0.2) is 35.5 Å². The normalized spacial score (nSPS) is 16.6. The molecule has 1 aliphatic rings. The number of hydrogen-bond donors (Lipinski definition) is 1. The van der Waals surface area contributed by atoms with Gasteiger partial charge in [-0.15, -0.1) is 5.10 Å². The van der Waals surface area contributed by atoms with Crippen molar-refractivity contribution in [3.8, 4) is 5.75 Å². The van der Waals surface area contributed by atoms with Gasteiger partial charge in [-0.2, -0.15) is 5.10 Å². The number of nitrogens with one attached hydrogen (secondary N) is 1. The highest BCUT2D eigenvalue weighted by molar-refractivity contribution is 8.18. The van der Waals surface area contributed by atoms with Gasteiger partial charge >= 0.3 is 5.97 Å². The number of nitrogens with zero attached hydrogens (tertiary/aromatic N) is 3. The highest BCUT2D eigenvalue weighted by Gasteiger charge is 2.25. The Kier molecular flexibility index (Phi) is 6.45. The minimum Gasteiger partial charge on any atom is -0.489 e. The van der Waals surface area contributed by atoms with E-state index in [-0.39, 0.29) is 10.1 Å². The van der Waals surface area contributed by atoms with E-state index in [1.165, 1.54) is 13.3 Å². The van der Waals surface area contributed by atoms with Crippen molar-refractivity contribution in [2.75, 3.05) is 7.11 Å². The summed E-state index contributed by atoms with van der Waals surface area (Å²) in [5.41, 5.74) is 2.48. The molecule has 1 amide bonds. The number of aromatic nitrogens is 1. The summed E-state index contributed by atoms with van der Waals surface area (Å²) in [7, 11) is 1.24. The Morgan fingerprint density at radius 3 is 2.93 bits per heavy atom. The van der Waals surface area contributed by atoms with Crippen LogP contribution in [0.1, 0.15) is 22.6 Å². The summed E-state index contributed by atoms with van der Waals surface area (Å²) in [6.07, 6.45) is 2.64. The molecule has 10 heteroatoms. The van der Waals surface area contributed by atoms with Crippen LogP contribution >= 0.6 is 11.8 Å². The lowest BCUT2D eigenvalue weighted by atomic mass is 10.2. The van der Waals surface area contributed by atoms with E-state index in [0.717, 1.165) is 40.4 Å². The van der Waals surface area contributed by atoms with Gasteiger partial charge in [0, 0.05) is 6.08 Å². The van der Waals surface area contributed by atoms with Crippen molar-refractivity contribution < 1.29 is 23.6 Å². The average molecular weight is 414 g/mol. The molecule has 0 aliphatic carbocycles. The number of rotatable bonds is 6. The van der Waals surface area contributed by atoms with Crippen LogP contribution in [0.15, 0.2) is 50.0 Å². The van der Waals surface area contributed by atoms with Crippen LogP contribution < -0.4 is 10.1 Å². The molecule has 3 rings (SSSR count). The van der Waals surface area contributed by atoms with Gasteiger partial charge in [-0.3, -0.25) is 10.1 Å². The van der Waals surface area contributed by atoms with Crippen LogP contribution in [0.4, 0.5) is 0 Å². The smallest absolute Gasteiger partial charge is 0.331 e. The molecule has 29 heavy (non-hydrogen) atoms. The fraction of sp³-hybridized carbons (Fsp3) is 0.211. The lowest BCUT2D eigenvalue weighted by molar-refractivity contribution is -0.135. The second kappa shape index (κ2) is 9.20. The Balaban J connectivity index is 1.62. The summed E-state index contributed by atoms with van der Waals surface area (Å²) in [5.74, 6) is 0.353. The van der Waals surface area contributed by atoms with E-state index in [2.05, 4.69) is 25.4 Å². The van der Waals surface area contributed by atoms with Crippen LogP contribution in [0.2, 0.25) is 0 Å². The van der Waals surface area contributed by atoms with Crippen LogP contribution in [-0.2, 0) is 20.9 Å². The fourth-order valence-electron chi connectivity index (χ4n) is 2.34. The number of benzene rings is 1. The number of esters is 1. The molecule has 150 valence electrons. The molecule has 0 spiro atoms. The topological polar surface area (TPSA) is 115 Å². The van der Waals surface area contributed by atoms with E-state index in [9.17, 15) is 9.59 Å². The molecular weight excluding hydrogens is 396 g/mol. The molecule has 1 aliphatic heterocycles. The Morgan fingerprint density at radius 1 is 1.38 bits per heavy atom. The number of carbonyl (C=O) groups is 2. The molecular formula is C19H18N4O5S. The van der Waals surface area contributed by atoms with Gasteiger partial charge in [0.25, 0.3) is 5.91 Å². The Labute approximate surface area is 170 Å². The number of aryl methyl sites for hydroxylation is 2. The van der Waals surface area contributed by atoms with Crippen LogP contribution in [0, 0.1) is 13.8 Å². The minimum absolute atomic E-state index is 0.195. The van der Waals surface area contributed by atoms with Crippen molar-refractivity contribution in [2.45, 2.75) is 20.5 Å². The van der Waals surface area contributed by atoms with Gasteiger partial charge in [-0.1, -0.05) is 17.3 Å². The van der Waals surface area contributed by atoms with E-state index < -0.39 is 11.9 Å². The minimum atomic E-state index is -0.610. The quantitative estimate of drug-likeness (QED) is 0.334. The highest BCUT2D eigenvalue weighted by atomic mass is 32.2. The van der Waals surface area contributed by atoms with Gasteiger partial charge in [0.1, 0.15) is 18.1 Å². The average Bonchev–Trinajstić information content (AvgIpc) is 3.21. The number of amides is 1. The molecule has 0 atom stereocenters. The van der Waals surface area contributed by atoms with Gasteiger partial charge < -0.3 is 14.0 Å². The summed E-state index contributed by atoms with van der Waals surface area (Å²) in [6, 6.07) is 7.32. The van der Waals surface area contributed by atoms with E-state index in [4.69, 9.17) is 9.26 Å². The van der Waals surface area contributed by atoms with Crippen molar-refractivity contribution in [2.24, 2.45) is 10.2 Å². The maximum Gasteiger partial charge on any atom is 0.331 e. The number of ether oxygens (including phenoxy) is 2. The van der Waals surface area contributed by atoms with Gasteiger partial charge in [0.05, 0.1) is 29.5 Å². The monoisotopic (exact) mass is 414 g/mol. The molecule has 2 aromatic rings. The van der Waals surface area contributed by atoms with Crippen molar-refractivity contribution in [3.63, 3.8) is 0 Å². The van der Waals surface area contributed by atoms with Crippen molar-refractivity contribution in [3.05, 3.63) is 57.8 Å². The van der Waals surface area contributed by atoms with E-state index in [0.29, 0.717) is 12.4 Å². The largest absolute Gasteiger partial charge is 0.489 e. The molecule has 9 nitrogen and oxygen atoms in total. The molecule has 0 bridgehead atoms. The molecule has 1 aromatic heterocycles. The van der Waals surface area contributed by atoms with Crippen LogP contribution in [0.5, 0.6) is 5.75 Å². The van der Waals surface area contributed by atoms with Crippen molar-refractivity contribution in [1.29, 1.82) is 0 Å². The molecule has 0 radical (unpaired) electrons. The molecule has 1 N–H and O–H groups in total. The first kappa shape index (κ1) is 20.3. The number of carbonyl (C=O) groups excluding carboxylic acids is 2. The summed E-state index contributed by atoms with van der Waals surface area (Å²) in [6.45, 7) is 4.05. The number of hydrogen-bond acceptors (Lipinski definition) is 9. The summed E-state index contributed by atoms with van der Waals surface area (Å²) >= 11 is 1.01. The first-order valence-electron chi connectivity index (χ1n) is 8.50. The zero-order valence-electron chi connectivity index (χ0n) is 16.0. The highest BCUT2D eigenvalue weighted by Crippen LogP contribution is 2.23. The standard InChI is InChI=1S/C19H18N4O5S/c1-11-15(12(2)28-23-11)10-27-14-6-4-5-13(7-14)9-20-22-19-21-18(25)16(29-19)8-17(24)26-3/h4-9H,10H2,1-3H3,(H,21,22,25)/b16-8+,20-9?. The number of amidine groups is 1. The third kappa shape index (κ3) is 5.32. The second-order valence-corrected chi connectivity index (χ2v) is 6.93. The number of thioether (sulfide) groups is 1. The Morgan fingerprint density at radius 2 is 2.21 bits per heavy atom. The third-order valence-corrected chi connectivity index (χ3v) is 4.78. The van der Waals surface area contributed by atoms with E-state index >= 15 is 0 Å². The van der Waals surface area contributed by atoms with Gasteiger partial charge in [0.2, 0.25) is 0 Å². The molecule has 1 saturated heterocycles. The lowest BCUT2D eigenvalue weighted by Crippen LogP contribution is -2.19. The van der Waals surface area contributed by atoms with Crippen molar-refractivity contribution >= 4 is 35.0 Å². The fourth-order valence-corrected chi connectivity index (χ4v) is 3.08. The van der Waals surface area contributed by atoms with Gasteiger partial charge in [-0.05, 0) is 43.3 Å². The van der Waals surface area contributed by atoms with Gasteiger partial charge in [-0.25, -0.2) is 4.79 Å². The van der Waals surface area contributed by atoms with Crippen LogP contribution in [0.25, 0.3) is 0 Å². The Hall–Kier alpha value is -3.40. The summed E-state index contributed by atoms with van der Waals surface area (Å²) < 4.78 is 15.4. The van der Waals surface area contributed by atoms with Crippen LogP contribution in [0.3, 0.4) is 0 Å². The maximum atomic E-state index is 11.8. The Bertz CT molecular complexity index is 1010. The molecule has 2 heterocycles.